The third-order valence-electron chi connectivity index (χ3n) is 3.88. The molecule has 0 aliphatic heterocycles. The van der Waals surface area contributed by atoms with Crippen LogP contribution in [0, 0.1) is 0 Å². The molecule has 0 atom stereocenters. The standard InChI is InChI=1S/2C8H11.Hf/c2*1-3-8-6-4-5-7(8)2;/h2*4H,3,5H2,1-2H3;. The fourth-order valence-corrected chi connectivity index (χ4v) is 9.24. The van der Waals surface area contributed by atoms with Gasteiger partial charge < -0.3 is 0 Å². The molecule has 2 aliphatic carbocycles. The Labute approximate surface area is 117 Å². The molecule has 2 rings (SSSR count). The van der Waals surface area contributed by atoms with Gasteiger partial charge in [0.05, 0.1) is 0 Å². The minimum absolute atomic E-state index is 0.761. The molecule has 0 fully saturated rings. The molecule has 0 saturated carbocycles. The second-order valence-corrected chi connectivity index (χ2v) is 9.76. The average Bonchev–Trinajstić information content (AvgIpc) is 2.83. The van der Waals surface area contributed by atoms with Gasteiger partial charge in [-0.05, 0) is 0 Å². The number of hydrogen-bond donors (Lipinski definition) is 0. The number of rotatable bonds is 4. The first-order valence-corrected chi connectivity index (χ1v) is 10.3. The van der Waals surface area contributed by atoms with Crippen LogP contribution in [0.15, 0.2) is 41.1 Å². The maximum absolute atomic E-state index is 2.53. The molecule has 0 spiro atoms. The first-order valence-electron chi connectivity index (χ1n) is 6.72. The van der Waals surface area contributed by atoms with E-state index in [1.165, 1.54) is 25.7 Å². The molecule has 0 nitrogen and oxygen atoms in total. The molecule has 0 aromatic rings. The molecular formula is C16H22Hf. The van der Waals surface area contributed by atoms with Crippen LogP contribution in [0.5, 0.6) is 0 Å². The zero-order chi connectivity index (χ0) is 12.4. The Morgan fingerprint density at radius 3 is 1.65 bits per heavy atom. The Bertz CT molecular complexity index is 402. The molecule has 0 N–H and O–H groups in total. The fourth-order valence-electron chi connectivity index (χ4n) is 2.85. The number of allylic oxidation sites excluding steroid dienone is 8. The van der Waals surface area contributed by atoms with Crippen molar-refractivity contribution in [3.8, 4) is 0 Å². The van der Waals surface area contributed by atoms with Crippen molar-refractivity contribution in [2.24, 2.45) is 0 Å². The van der Waals surface area contributed by atoms with E-state index in [1.807, 2.05) is 0 Å². The SMILES string of the molecule is CCC1=C(C)CC=[C]1[Hf][C]1=CCC(C)=C1CC. The van der Waals surface area contributed by atoms with E-state index in [9.17, 15) is 0 Å². The van der Waals surface area contributed by atoms with Crippen LogP contribution in [0.4, 0.5) is 0 Å². The third kappa shape index (κ3) is 2.65. The van der Waals surface area contributed by atoms with Crippen LogP contribution in [-0.4, -0.2) is 0 Å². The van der Waals surface area contributed by atoms with E-state index in [0.717, 1.165) is 0 Å². The van der Waals surface area contributed by atoms with Crippen molar-refractivity contribution in [3.05, 3.63) is 41.1 Å². The predicted molar refractivity (Wildman–Crippen MR) is 71.4 cm³/mol. The zero-order valence-electron chi connectivity index (χ0n) is 11.5. The van der Waals surface area contributed by atoms with E-state index >= 15 is 0 Å². The van der Waals surface area contributed by atoms with Crippen molar-refractivity contribution in [2.75, 3.05) is 0 Å². The summed E-state index contributed by atoms with van der Waals surface area (Å²) in [5.41, 5.74) is 6.67. The zero-order valence-corrected chi connectivity index (χ0v) is 15.1. The van der Waals surface area contributed by atoms with E-state index in [4.69, 9.17) is 0 Å². The quantitative estimate of drug-likeness (QED) is 0.584. The van der Waals surface area contributed by atoms with Gasteiger partial charge in [-0.1, -0.05) is 0 Å². The molecule has 0 bridgehead atoms. The summed E-state index contributed by atoms with van der Waals surface area (Å²) in [5.74, 6) is 0. The van der Waals surface area contributed by atoms with Crippen LogP contribution in [0.25, 0.3) is 0 Å². The molecule has 90 valence electrons. The van der Waals surface area contributed by atoms with Crippen LogP contribution in [0.3, 0.4) is 0 Å². The Hall–Kier alpha value is -0.170. The van der Waals surface area contributed by atoms with Gasteiger partial charge >= 0.3 is 117 Å². The predicted octanol–water partition coefficient (Wildman–Crippen LogP) is 5.10. The minimum atomic E-state index is -0.761. The normalized spacial score (nSPS) is 20.0. The summed E-state index contributed by atoms with van der Waals surface area (Å²) in [6, 6.07) is 0. The third-order valence-corrected chi connectivity index (χ3v) is 9.45. The van der Waals surface area contributed by atoms with Gasteiger partial charge in [0.2, 0.25) is 0 Å². The molecule has 0 saturated heterocycles. The molecule has 2 aliphatic rings. The molecule has 0 radical (unpaired) electrons. The van der Waals surface area contributed by atoms with Crippen LogP contribution in [0.1, 0.15) is 53.4 Å². The van der Waals surface area contributed by atoms with Crippen molar-refractivity contribution < 1.29 is 22.9 Å². The van der Waals surface area contributed by atoms with E-state index in [-0.39, 0.29) is 0 Å². The summed E-state index contributed by atoms with van der Waals surface area (Å²) in [6.07, 6.45) is 9.98. The van der Waals surface area contributed by atoms with E-state index in [0.29, 0.717) is 0 Å². The van der Waals surface area contributed by atoms with Gasteiger partial charge in [0, 0.05) is 0 Å². The second-order valence-electron chi connectivity index (χ2n) is 4.99. The van der Waals surface area contributed by atoms with Gasteiger partial charge in [-0.15, -0.1) is 0 Å². The van der Waals surface area contributed by atoms with Crippen molar-refractivity contribution in [3.63, 3.8) is 0 Å². The van der Waals surface area contributed by atoms with Crippen LogP contribution >= 0.6 is 0 Å². The first kappa shape index (κ1) is 13.3. The summed E-state index contributed by atoms with van der Waals surface area (Å²) >= 11 is -0.761. The Balaban J connectivity index is 2.15. The van der Waals surface area contributed by atoms with Crippen molar-refractivity contribution >= 4 is 0 Å². The van der Waals surface area contributed by atoms with E-state index in [2.05, 4.69) is 39.8 Å². The van der Waals surface area contributed by atoms with Gasteiger partial charge in [0.15, 0.2) is 0 Å². The summed E-state index contributed by atoms with van der Waals surface area (Å²) in [6.45, 7) is 9.26. The Morgan fingerprint density at radius 2 is 1.29 bits per heavy atom. The number of hydrogen-bond acceptors (Lipinski definition) is 0. The maximum atomic E-state index is 2.53. The average molecular weight is 393 g/mol. The van der Waals surface area contributed by atoms with Gasteiger partial charge in [0.25, 0.3) is 0 Å². The fraction of sp³-hybridized carbons (Fsp3) is 0.500. The van der Waals surface area contributed by atoms with Crippen molar-refractivity contribution in [1.29, 1.82) is 0 Å². The van der Waals surface area contributed by atoms with Crippen LogP contribution in [0.2, 0.25) is 0 Å². The first-order chi connectivity index (χ1) is 8.17. The summed E-state index contributed by atoms with van der Waals surface area (Å²) in [7, 11) is 0. The molecule has 0 aromatic carbocycles. The molecule has 0 heterocycles. The van der Waals surface area contributed by atoms with E-state index in [1.54, 1.807) is 29.0 Å². The van der Waals surface area contributed by atoms with Gasteiger partial charge in [0.1, 0.15) is 0 Å². The van der Waals surface area contributed by atoms with Gasteiger partial charge in [-0.2, -0.15) is 0 Å². The monoisotopic (exact) mass is 394 g/mol. The van der Waals surface area contributed by atoms with Gasteiger partial charge in [-0.3, -0.25) is 0 Å². The summed E-state index contributed by atoms with van der Waals surface area (Å²) in [5, 5.41) is 0. The summed E-state index contributed by atoms with van der Waals surface area (Å²) in [4.78, 5) is 0. The van der Waals surface area contributed by atoms with Gasteiger partial charge in [-0.25, -0.2) is 0 Å². The molecule has 1 heteroatoms. The molecule has 0 amide bonds. The molecule has 0 unspecified atom stereocenters. The van der Waals surface area contributed by atoms with Crippen LogP contribution in [-0.2, 0) is 22.9 Å². The topological polar surface area (TPSA) is 0 Å². The Morgan fingerprint density at radius 1 is 0.882 bits per heavy atom. The molecule has 0 aromatic heterocycles. The molecular weight excluding hydrogens is 371 g/mol. The van der Waals surface area contributed by atoms with Crippen molar-refractivity contribution in [2.45, 2.75) is 53.4 Å². The molecule has 17 heavy (non-hydrogen) atoms. The van der Waals surface area contributed by atoms with E-state index < -0.39 is 22.9 Å². The summed E-state index contributed by atoms with van der Waals surface area (Å²) < 4.78 is 3.58. The second kappa shape index (κ2) is 5.65. The van der Waals surface area contributed by atoms with Crippen LogP contribution < -0.4 is 0 Å². The Kier molecular flexibility index (Phi) is 4.41. The van der Waals surface area contributed by atoms with Crippen molar-refractivity contribution in [1.82, 2.24) is 0 Å².